The quantitative estimate of drug-likeness (QED) is 0.688. The van der Waals surface area contributed by atoms with Crippen molar-refractivity contribution in [1.29, 1.82) is 4.78 Å². The minimum Gasteiger partial charge on any atom is -0.461 e. The van der Waals surface area contributed by atoms with Gasteiger partial charge in [0, 0.05) is 17.6 Å². The van der Waals surface area contributed by atoms with Gasteiger partial charge in [0.1, 0.15) is 6.61 Å². The molecule has 7 nitrogen and oxygen atoms in total. The van der Waals surface area contributed by atoms with Crippen LogP contribution in [0.4, 0.5) is 10.5 Å². The van der Waals surface area contributed by atoms with Crippen molar-refractivity contribution in [2.24, 2.45) is 0 Å². The number of hydrogen-bond donors (Lipinski definition) is 3. The molecule has 2 aromatic carbocycles. The molecular formula is C16H16ClN3O4S. The maximum absolute atomic E-state index is 12.4. The first kappa shape index (κ1) is 18.8. The second-order valence-corrected chi connectivity index (χ2v) is 7.27. The fourth-order valence-corrected chi connectivity index (χ4v) is 2.92. The zero-order valence-corrected chi connectivity index (χ0v) is 14.8. The molecule has 1 atom stereocenters. The zero-order chi connectivity index (χ0) is 18.4. The second-order valence-electron chi connectivity index (χ2n) is 5.04. The number of benzene rings is 2. The van der Waals surface area contributed by atoms with E-state index in [1.54, 1.807) is 36.4 Å². The Kier molecular flexibility index (Phi) is 6.00. The standard InChI is InChI=1S/C16H16ClN3O4S/c1-11(21)24-10-12-2-8-15(9-3-12)25(18,23)20-16(22)19-14-6-4-13(17)5-7-14/h2-9H,10H2,1H3,(H3,18,19,20,22,23). The lowest BCUT2D eigenvalue weighted by Crippen LogP contribution is -2.33. The van der Waals surface area contributed by atoms with Gasteiger partial charge < -0.3 is 10.1 Å². The number of carbonyl (C=O) groups excluding carboxylic acids is 2. The second kappa shape index (κ2) is 8.00. The van der Waals surface area contributed by atoms with Crippen LogP contribution in [0.5, 0.6) is 0 Å². The minimum atomic E-state index is -3.53. The largest absolute Gasteiger partial charge is 0.461 e. The molecule has 0 aliphatic rings. The number of halogens is 1. The average Bonchev–Trinajstić information content (AvgIpc) is 2.55. The minimum absolute atomic E-state index is 0.0826. The number of rotatable bonds is 5. The van der Waals surface area contributed by atoms with Gasteiger partial charge in [-0.25, -0.2) is 18.5 Å². The van der Waals surface area contributed by atoms with Crippen LogP contribution in [-0.4, -0.2) is 16.2 Å². The fraction of sp³-hybridized carbons (Fsp3) is 0.125. The van der Waals surface area contributed by atoms with Crippen LogP contribution in [0.3, 0.4) is 0 Å². The van der Waals surface area contributed by atoms with Crippen LogP contribution in [-0.2, 0) is 26.1 Å². The molecule has 2 rings (SSSR count). The summed E-state index contributed by atoms with van der Waals surface area (Å²) in [4.78, 5) is 22.8. The van der Waals surface area contributed by atoms with E-state index in [0.717, 1.165) is 0 Å². The van der Waals surface area contributed by atoms with E-state index < -0.39 is 21.9 Å². The van der Waals surface area contributed by atoms with E-state index in [1.165, 1.54) is 19.1 Å². The molecule has 0 bridgehead atoms. The molecule has 0 aromatic heterocycles. The molecule has 132 valence electrons. The molecule has 0 saturated heterocycles. The highest BCUT2D eigenvalue weighted by Gasteiger charge is 2.14. The maximum atomic E-state index is 12.4. The molecule has 0 aliphatic carbocycles. The van der Waals surface area contributed by atoms with Gasteiger partial charge in [0.05, 0.1) is 4.90 Å². The lowest BCUT2D eigenvalue weighted by Gasteiger charge is -2.11. The number of esters is 1. The Bertz CT molecular complexity index is 865. The molecule has 2 amide bonds. The number of amides is 2. The molecule has 25 heavy (non-hydrogen) atoms. The smallest absolute Gasteiger partial charge is 0.331 e. The van der Waals surface area contributed by atoms with Crippen LogP contribution < -0.4 is 10.0 Å². The maximum Gasteiger partial charge on any atom is 0.331 e. The summed E-state index contributed by atoms with van der Waals surface area (Å²) in [6, 6.07) is 11.6. The van der Waals surface area contributed by atoms with Crippen LogP contribution in [0.2, 0.25) is 5.02 Å². The highest BCUT2D eigenvalue weighted by Crippen LogP contribution is 2.15. The number of ether oxygens (including phenoxy) is 1. The first-order valence-corrected chi connectivity index (χ1v) is 9.05. The van der Waals surface area contributed by atoms with Gasteiger partial charge in [-0.2, -0.15) is 0 Å². The summed E-state index contributed by atoms with van der Waals surface area (Å²) in [5.74, 6) is -0.408. The summed E-state index contributed by atoms with van der Waals surface area (Å²) in [6.07, 6.45) is 0. The van der Waals surface area contributed by atoms with Crippen molar-refractivity contribution in [3.05, 3.63) is 59.1 Å². The third-order valence-corrected chi connectivity index (χ3v) is 4.70. The van der Waals surface area contributed by atoms with Crippen molar-refractivity contribution < 1.29 is 18.5 Å². The summed E-state index contributed by atoms with van der Waals surface area (Å²) in [6.45, 7) is 1.38. The van der Waals surface area contributed by atoms with Gasteiger partial charge in [-0.1, -0.05) is 23.7 Å². The molecule has 0 fully saturated rings. The summed E-state index contributed by atoms with van der Waals surface area (Å²) < 4.78 is 27.3. The van der Waals surface area contributed by atoms with Crippen molar-refractivity contribution in [1.82, 2.24) is 4.72 Å². The van der Waals surface area contributed by atoms with Crippen molar-refractivity contribution in [3.63, 3.8) is 0 Å². The molecule has 0 heterocycles. The molecule has 2 aromatic rings. The van der Waals surface area contributed by atoms with Crippen molar-refractivity contribution >= 4 is 39.2 Å². The van der Waals surface area contributed by atoms with Gasteiger partial charge in [0.2, 0.25) is 0 Å². The molecule has 0 aliphatic heterocycles. The molecule has 9 heteroatoms. The van der Waals surface area contributed by atoms with Crippen molar-refractivity contribution in [3.8, 4) is 0 Å². The van der Waals surface area contributed by atoms with Crippen LogP contribution in [0.25, 0.3) is 0 Å². The molecule has 0 spiro atoms. The molecule has 0 radical (unpaired) electrons. The number of anilines is 1. The third kappa shape index (κ3) is 5.77. The van der Waals surface area contributed by atoms with E-state index in [2.05, 4.69) is 10.0 Å². The van der Waals surface area contributed by atoms with E-state index in [4.69, 9.17) is 21.1 Å². The number of carbonyl (C=O) groups is 2. The van der Waals surface area contributed by atoms with Gasteiger partial charge in [-0.15, -0.1) is 0 Å². The number of hydrogen-bond acceptors (Lipinski definition) is 5. The Morgan fingerprint density at radius 2 is 1.72 bits per heavy atom. The predicted molar refractivity (Wildman–Crippen MR) is 94.6 cm³/mol. The number of urea groups is 1. The Hall–Kier alpha value is -2.58. The Morgan fingerprint density at radius 3 is 2.28 bits per heavy atom. The molecule has 0 saturated carbocycles. The van der Waals surface area contributed by atoms with Gasteiger partial charge in [-0.05, 0) is 42.0 Å². The van der Waals surface area contributed by atoms with Crippen molar-refractivity contribution in [2.45, 2.75) is 18.4 Å². The van der Waals surface area contributed by atoms with Crippen LogP contribution in [0, 0.1) is 4.78 Å². The zero-order valence-electron chi connectivity index (χ0n) is 13.2. The first-order chi connectivity index (χ1) is 11.8. The third-order valence-electron chi connectivity index (χ3n) is 3.04. The van der Waals surface area contributed by atoms with Crippen molar-refractivity contribution in [2.75, 3.05) is 5.32 Å². The van der Waals surface area contributed by atoms with E-state index in [-0.39, 0.29) is 11.5 Å². The molecule has 1 unspecified atom stereocenters. The fourth-order valence-electron chi connectivity index (χ4n) is 1.84. The predicted octanol–water partition coefficient (Wildman–Crippen LogP) is 3.55. The first-order valence-electron chi connectivity index (χ1n) is 7.12. The van der Waals surface area contributed by atoms with Gasteiger partial charge in [0.15, 0.2) is 9.92 Å². The lowest BCUT2D eigenvalue weighted by atomic mass is 10.2. The van der Waals surface area contributed by atoms with Crippen LogP contribution >= 0.6 is 11.6 Å². The monoisotopic (exact) mass is 381 g/mol. The van der Waals surface area contributed by atoms with E-state index in [9.17, 15) is 13.8 Å². The van der Waals surface area contributed by atoms with Crippen LogP contribution in [0.1, 0.15) is 12.5 Å². The summed E-state index contributed by atoms with van der Waals surface area (Å²) >= 11 is 5.76. The Labute approximate surface area is 150 Å². The Morgan fingerprint density at radius 1 is 1.12 bits per heavy atom. The van der Waals surface area contributed by atoms with Gasteiger partial charge >= 0.3 is 12.0 Å². The number of nitrogens with one attached hydrogen (secondary N) is 3. The van der Waals surface area contributed by atoms with Gasteiger partial charge in [-0.3, -0.25) is 4.79 Å². The normalized spacial score (nSPS) is 12.7. The van der Waals surface area contributed by atoms with E-state index >= 15 is 0 Å². The highest BCUT2D eigenvalue weighted by atomic mass is 35.5. The van der Waals surface area contributed by atoms with Crippen LogP contribution in [0.15, 0.2) is 53.4 Å². The topological polar surface area (TPSA) is 108 Å². The average molecular weight is 382 g/mol. The van der Waals surface area contributed by atoms with E-state index in [1.807, 2.05) is 0 Å². The van der Waals surface area contributed by atoms with E-state index in [0.29, 0.717) is 16.3 Å². The summed E-state index contributed by atoms with van der Waals surface area (Å²) in [5.41, 5.74) is 1.13. The summed E-state index contributed by atoms with van der Waals surface area (Å²) in [7, 11) is -3.53. The lowest BCUT2D eigenvalue weighted by molar-refractivity contribution is -0.142. The highest BCUT2D eigenvalue weighted by molar-refractivity contribution is 7.91. The SMILES string of the molecule is CC(=O)OCc1ccc(S(=N)(=O)NC(=O)Nc2ccc(Cl)cc2)cc1. The van der Waals surface area contributed by atoms with Gasteiger partial charge in [0.25, 0.3) is 0 Å². The Balaban J connectivity index is 2.01. The molecule has 3 N–H and O–H groups in total. The molecular weight excluding hydrogens is 366 g/mol. The summed E-state index contributed by atoms with van der Waals surface area (Å²) in [5, 5.41) is 2.99.